The highest BCUT2D eigenvalue weighted by Gasteiger charge is 2.31. The molecule has 0 unspecified atom stereocenters. The number of halogens is 3. The average molecular weight is 234 g/mol. The zero-order valence-corrected chi connectivity index (χ0v) is 9.06. The fourth-order valence-electron chi connectivity index (χ4n) is 1.16. The Bertz CT molecular complexity index is 328. The zero-order chi connectivity index (χ0) is 12.2. The molecule has 1 heterocycles. The van der Waals surface area contributed by atoms with Crippen molar-refractivity contribution in [3.63, 3.8) is 0 Å². The lowest BCUT2D eigenvalue weighted by atomic mass is 10.2. The highest BCUT2D eigenvalue weighted by Crippen LogP contribution is 2.32. The largest absolute Gasteiger partial charge is 0.478 e. The molecule has 0 amide bonds. The first-order valence-corrected chi connectivity index (χ1v) is 4.93. The molecule has 90 valence electrons. The number of anilines is 1. The predicted octanol–water partition coefficient (Wildman–Crippen LogP) is 2.93. The third kappa shape index (κ3) is 3.29. The van der Waals surface area contributed by atoms with Crippen LogP contribution in [0.1, 0.15) is 19.4 Å². The van der Waals surface area contributed by atoms with Crippen LogP contribution >= 0.6 is 0 Å². The molecular weight excluding hydrogens is 221 g/mol. The monoisotopic (exact) mass is 234 g/mol. The summed E-state index contributed by atoms with van der Waals surface area (Å²) in [5, 5.41) is 2.73. The summed E-state index contributed by atoms with van der Waals surface area (Å²) < 4.78 is 42.5. The molecule has 0 radical (unpaired) electrons. The quantitative estimate of drug-likeness (QED) is 0.869. The fourth-order valence-corrected chi connectivity index (χ4v) is 1.16. The van der Waals surface area contributed by atoms with E-state index in [1.165, 1.54) is 0 Å². The number of ether oxygens (including phenoxy) is 1. The molecule has 0 saturated heterocycles. The predicted molar refractivity (Wildman–Crippen MR) is 54.6 cm³/mol. The molecule has 0 atom stereocenters. The van der Waals surface area contributed by atoms with Gasteiger partial charge < -0.3 is 10.1 Å². The number of hydrogen-bond acceptors (Lipinski definition) is 3. The van der Waals surface area contributed by atoms with Crippen molar-refractivity contribution in [2.45, 2.75) is 20.0 Å². The normalized spacial score (nSPS) is 11.3. The molecule has 6 heteroatoms. The van der Waals surface area contributed by atoms with E-state index < -0.39 is 11.7 Å². The molecular formula is C10H13F3N2O. The van der Waals surface area contributed by atoms with E-state index in [1.54, 1.807) is 13.8 Å². The molecule has 3 nitrogen and oxygen atoms in total. The Balaban J connectivity index is 3.08. The van der Waals surface area contributed by atoms with E-state index in [0.717, 1.165) is 12.1 Å². The molecule has 0 spiro atoms. The Morgan fingerprint density at radius 2 is 2.00 bits per heavy atom. The van der Waals surface area contributed by atoms with Crippen LogP contribution in [0.3, 0.4) is 0 Å². The lowest BCUT2D eigenvalue weighted by Crippen LogP contribution is -2.09. The van der Waals surface area contributed by atoms with E-state index >= 15 is 0 Å². The summed E-state index contributed by atoms with van der Waals surface area (Å²) in [4.78, 5) is 3.89. The van der Waals surface area contributed by atoms with E-state index in [4.69, 9.17) is 4.74 Å². The molecule has 1 aromatic heterocycles. The number of nitrogens with one attached hydrogen (secondary N) is 1. The van der Waals surface area contributed by atoms with Crippen molar-refractivity contribution in [2.24, 2.45) is 0 Å². The summed E-state index contributed by atoms with van der Waals surface area (Å²) in [6, 6.07) is 1.86. The van der Waals surface area contributed by atoms with E-state index in [9.17, 15) is 13.2 Å². The molecule has 0 saturated carbocycles. The molecule has 1 N–H and O–H groups in total. The number of pyridine rings is 1. The Morgan fingerprint density at radius 1 is 1.31 bits per heavy atom. The van der Waals surface area contributed by atoms with Gasteiger partial charge in [-0.25, -0.2) is 0 Å². The van der Waals surface area contributed by atoms with E-state index in [0.29, 0.717) is 6.54 Å². The molecule has 16 heavy (non-hydrogen) atoms. The molecule has 0 aliphatic carbocycles. The number of rotatable bonds is 4. The van der Waals surface area contributed by atoms with Crippen LogP contribution in [0, 0.1) is 0 Å². The first-order valence-electron chi connectivity index (χ1n) is 4.93. The number of nitrogens with zero attached hydrogens (tertiary/aromatic N) is 1. The summed E-state index contributed by atoms with van der Waals surface area (Å²) in [5.41, 5.74) is -0.762. The lowest BCUT2D eigenvalue weighted by molar-refractivity contribution is -0.137. The van der Waals surface area contributed by atoms with E-state index in [1.807, 2.05) is 0 Å². The van der Waals surface area contributed by atoms with Gasteiger partial charge in [0.15, 0.2) is 0 Å². The van der Waals surface area contributed by atoms with Crippen molar-refractivity contribution in [2.75, 3.05) is 18.5 Å². The third-order valence-corrected chi connectivity index (χ3v) is 1.78. The maximum atomic E-state index is 12.5. The Kier molecular flexibility index (Phi) is 3.98. The molecule has 0 aromatic carbocycles. The summed E-state index contributed by atoms with van der Waals surface area (Å²) in [6.07, 6.45) is -4.39. The van der Waals surface area contributed by atoms with Gasteiger partial charge in [-0.05, 0) is 19.9 Å². The second-order valence-electron chi connectivity index (χ2n) is 3.04. The van der Waals surface area contributed by atoms with Gasteiger partial charge in [-0.2, -0.15) is 18.2 Å². The molecule has 0 aliphatic heterocycles. The van der Waals surface area contributed by atoms with E-state index in [2.05, 4.69) is 10.3 Å². The maximum Gasteiger partial charge on any atom is 0.416 e. The minimum atomic E-state index is -4.39. The van der Waals surface area contributed by atoms with E-state index in [-0.39, 0.29) is 18.3 Å². The zero-order valence-electron chi connectivity index (χ0n) is 9.06. The average Bonchev–Trinajstić information content (AvgIpc) is 2.17. The van der Waals surface area contributed by atoms with Gasteiger partial charge in [-0.1, -0.05) is 0 Å². The van der Waals surface area contributed by atoms with Crippen molar-refractivity contribution in [3.05, 3.63) is 17.7 Å². The summed E-state index contributed by atoms with van der Waals surface area (Å²) in [5.74, 6) is 0.147. The van der Waals surface area contributed by atoms with Crippen molar-refractivity contribution in [3.8, 4) is 5.88 Å². The minimum absolute atomic E-state index is 0.0201. The third-order valence-electron chi connectivity index (χ3n) is 1.78. The van der Waals surface area contributed by atoms with Crippen molar-refractivity contribution < 1.29 is 17.9 Å². The summed E-state index contributed by atoms with van der Waals surface area (Å²) in [7, 11) is 0. The van der Waals surface area contributed by atoms with Gasteiger partial charge >= 0.3 is 6.18 Å². The second kappa shape index (κ2) is 5.05. The van der Waals surface area contributed by atoms with Gasteiger partial charge in [-0.15, -0.1) is 0 Å². The minimum Gasteiger partial charge on any atom is -0.478 e. The van der Waals surface area contributed by atoms with Crippen molar-refractivity contribution >= 4 is 5.82 Å². The van der Waals surface area contributed by atoms with Crippen LogP contribution in [-0.4, -0.2) is 18.1 Å². The van der Waals surface area contributed by atoms with Crippen LogP contribution in [-0.2, 0) is 6.18 Å². The van der Waals surface area contributed by atoms with Crippen LogP contribution in [0.15, 0.2) is 12.1 Å². The van der Waals surface area contributed by atoms with Crippen molar-refractivity contribution in [1.29, 1.82) is 0 Å². The van der Waals surface area contributed by atoms with Gasteiger partial charge in [0.1, 0.15) is 5.82 Å². The first kappa shape index (κ1) is 12.6. The smallest absolute Gasteiger partial charge is 0.416 e. The molecule has 0 bridgehead atoms. The van der Waals surface area contributed by atoms with Gasteiger partial charge in [0.2, 0.25) is 5.88 Å². The lowest BCUT2D eigenvalue weighted by Gasteiger charge is -2.11. The fraction of sp³-hybridized carbons (Fsp3) is 0.500. The van der Waals surface area contributed by atoms with Crippen LogP contribution in [0.25, 0.3) is 0 Å². The Morgan fingerprint density at radius 3 is 2.50 bits per heavy atom. The highest BCUT2D eigenvalue weighted by molar-refractivity contribution is 5.42. The molecule has 0 aliphatic rings. The molecule has 1 aromatic rings. The van der Waals surface area contributed by atoms with Crippen LogP contribution in [0.4, 0.5) is 19.0 Å². The molecule has 1 rings (SSSR count). The van der Waals surface area contributed by atoms with Crippen LogP contribution in [0.5, 0.6) is 5.88 Å². The standard InChI is InChI=1S/C10H13F3N2O/c1-3-14-8-5-7(10(11,12)13)6-9(15-8)16-4-2/h5-6H,3-4H2,1-2H3,(H,14,15). The highest BCUT2D eigenvalue weighted by atomic mass is 19.4. The van der Waals surface area contributed by atoms with Crippen LogP contribution < -0.4 is 10.1 Å². The Labute approximate surface area is 91.6 Å². The van der Waals surface area contributed by atoms with Gasteiger partial charge in [0.05, 0.1) is 12.2 Å². The van der Waals surface area contributed by atoms with Gasteiger partial charge in [-0.3, -0.25) is 0 Å². The second-order valence-corrected chi connectivity index (χ2v) is 3.04. The molecule has 0 fully saturated rings. The van der Waals surface area contributed by atoms with Crippen molar-refractivity contribution in [1.82, 2.24) is 4.98 Å². The summed E-state index contributed by atoms with van der Waals surface area (Å²) in [6.45, 7) is 4.25. The number of hydrogen-bond donors (Lipinski definition) is 1. The number of alkyl halides is 3. The Hall–Kier alpha value is -1.46. The summed E-state index contributed by atoms with van der Waals surface area (Å²) >= 11 is 0. The van der Waals surface area contributed by atoms with Gasteiger partial charge in [0, 0.05) is 12.6 Å². The number of aromatic nitrogens is 1. The van der Waals surface area contributed by atoms with Crippen LogP contribution in [0.2, 0.25) is 0 Å². The first-order chi connectivity index (χ1) is 7.47. The van der Waals surface area contributed by atoms with Gasteiger partial charge in [0.25, 0.3) is 0 Å². The maximum absolute atomic E-state index is 12.5. The SMILES string of the molecule is CCNc1cc(C(F)(F)F)cc(OCC)n1. The topological polar surface area (TPSA) is 34.1 Å².